The lowest BCUT2D eigenvalue weighted by molar-refractivity contribution is 0.137. The topological polar surface area (TPSA) is 29.5 Å². The van der Waals surface area contributed by atoms with Crippen molar-refractivity contribution in [2.75, 3.05) is 6.61 Å². The molecule has 0 aromatic rings. The van der Waals surface area contributed by atoms with Crippen molar-refractivity contribution in [2.24, 2.45) is 5.92 Å². The maximum absolute atomic E-state index is 8.98. The van der Waals surface area contributed by atoms with Crippen LogP contribution in [0, 0.1) is 5.92 Å². The smallest absolute Gasteiger partial charge is 0.0926 e. The minimum atomic E-state index is 0.224. The quantitative estimate of drug-likeness (QED) is 0.610. The third-order valence-corrected chi connectivity index (χ3v) is 2.31. The van der Waals surface area contributed by atoms with Gasteiger partial charge in [0.25, 0.3) is 0 Å². The lowest BCUT2D eigenvalue weighted by Gasteiger charge is -2.14. The molecule has 0 aliphatic rings. The molecule has 0 saturated heterocycles. The predicted octanol–water partition coefficient (Wildman–Crippen LogP) is 3.11. The molecule has 1 unspecified atom stereocenters. The molecule has 0 amide bonds. The highest BCUT2D eigenvalue weighted by molar-refractivity contribution is 4.82. The number of hydrogen-bond acceptors (Lipinski definition) is 2. The molecular weight excluding hydrogens is 176 g/mol. The van der Waals surface area contributed by atoms with Crippen LogP contribution in [0.2, 0.25) is 0 Å². The standard InChI is InChI=1S/C12H24O2/c1-5-12(9-13)8-6-7-11(4)14-10(2)3/h10,12-13H,4-9H2,1-3H3. The van der Waals surface area contributed by atoms with Gasteiger partial charge in [0.2, 0.25) is 0 Å². The van der Waals surface area contributed by atoms with Crippen molar-refractivity contribution < 1.29 is 9.84 Å². The molecule has 2 heteroatoms. The van der Waals surface area contributed by atoms with Crippen LogP contribution in [0.1, 0.15) is 46.5 Å². The van der Waals surface area contributed by atoms with Crippen LogP contribution in [-0.4, -0.2) is 17.8 Å². The van der Waals surface area contributed by atoms with Gasteiger partial charge in [0, 0.05) is 13.0 Å². The lowest BCUT2D eigenvalue weighted by Crippen LogP contribution is -2.05. The maximum Gasteiger partial charge on any atom is 0.0926 e. The Labute approximate surface area is 88.0 Å². The molecule has 0 bridgehead atoms. The highest BCUT2D eigenvalue weighted by Gasteiger charge is 2.05. The van der Waals surface area contributed by atoms with Crippen LogP contribution in [0.25, 0.3) is 0 Å². The largest absolute Gasteiger partial charge is 0.496 e. The van der Waals surface area contributed by atoms with Crippen LogP contribution in [0.5, 0.6) is 0 Å². The number of aliphatic hydroxyl groups excluding tert-OH is 1. The fraction of sp³-hybridized carbons (Fsp3) is 0.833. The summed E-state index contributed by atoms with van der Waals surface area (Å²) in [7, 11) is 0. The molecule has 0 rings (SSSR count). The average Bonchev–Trinajstić information content (AvgIpc) is 2.11. The number of rotatable bonds is 8. The van der Waals surface area contributed by atoms with Gasteiger partial charge in [0.1, 0.15) is 0 Å². The molecule has 1 N–H and O–H groups in total. The Morgan fingerprint density at radius 2 is 2.07 bits per heavy atom. The Bertz CT molecular complexity index is 148. The van der Waals surface area contributed by atoms with E-state index in [1.54, 1.807) is 0 Å². The second-order valence-corrected chi connectivity index (χ2v) is 4.05. The summed E-state index contributed by atoms with van der Waals surface area (Å²) in [6, 6.07) is 0. The van der Waals surface area contributed by atoms with E-state index in [1.165, 1.54) is 0 Å². The van der Waals surface area contributed by atoms with Gasteiger partial charge in [-0.15, -0.1) is 0 Å². The summed E-state index contributed by atoms with van der Waals surface area (Å²) in [5.74, 6) is 1.31. The van der Waals surface area contributed by atoms with Crippen LogP contribution >= 0.6 is 0 Å². The summed E-state index contributed by atoms with van der Waals surface area (Å²) in [4.78, 5) is 0. The first-order valence-corrected chi connectivity index (χ1v) is 5.55. The van der Waals surface area contributed by atoms with Crippen molar-refractivity contribution in [2.45, 2.75) is 52.6 Å². The molecule has 0 saturated carbocycles. The summed E-state index contributed by atoms with van der Waals surface area (Å²) >= 11 is 0. The van der Waals surface area contributed by atoms with Crippen molar-refractivity contribution in [3.8, 4) is 0 Å². The van der Waals surface area contributed by atoms with E-state index in [0.29, 0.717) is 12.5 Å². The van der Waals surface area contributed by atoms with E-state index in [1.807, 2.05) is 13.8 Å². The van der Waals surface area contributed by atoms with Gasteiger partial charge < -0.3 is 9.84 Å². The van der Waals surface area contributed by atoms with Crippen LogP contribution < -0.4 is 0 Å². The van der Waals surface area contributed by atoms with E-state index in [4.69, 9.17) is 9.84 Å². The Balaban J connectivity index is 3.48. The van der Waals surface area contributed by atoms with Crippen molar-refractivity contribution in [1.82, 2.24) is 0 Å². The van der Waals surface area contributed by atoms with E-state index < -0.39 is 0 Å². The van der Waals surface area contributed by atoms with Crippen molar-refractivity contribution in [3.05, 3.63) is 12.3 Å². The second kappa shape index (κ2) is 7.86. The molecule has 2 nitrogen and oxygen atoms in total. The molecule has 84 valence electrons. The highest BCUT2D eigenvalue weighted by Crippen LogP contribution is 2.15. The van der Waals surface area contributed by atoms with Crippen LogP contribution in [-0.2, 0) is 4.74 Å². The van der Waals surface area contributed by atoms with E-state index in [9.17, 15) is 0 Å². The van der Waals surface area contributed by atoms with E-state index in [0.717, 1.165) is 31.4 Å². The third kappa shape index (κ3) is 6.96. The minimum Gasteiger partial charge on any atom is -0.496 e. The molecule has 0 spiro atoms. The molecule has 0 aliphatic carbocycles. The molecule has 0 fully saturated rings. The fourth-order valence-electron chi connectivity index (χ4n) is 1.40. The van der Waals surface area contributed by atoms with Gasteiger partial charge in [0.15, 0.2) is 0 Å². The zero-order chi connectivity index (χ0) is 11.0. The number of ether oxygens (including phenoxy) is 1. The van der Waals surface area contributed by atoms with Gasteiger partial charge in [-0.25, -0.2) is 0 Å². The van der Waals surface area contributed by atoms with E-state index in [2.05, 4.69) is 13.5 Å². The zero-order valence-electron chi connectivity index (χ0n) is 9.75. The molecular formula is C12H24O2. The number of allylic oxidation sites excluding steroid dienone is 1. The average molecular weight is 200 g/mol. The molecule has 0 radical (unpaired) electrons. The first kappa shape index (κ1) is 13.5. The van der Waals surface area contributed by atoms with Gasteiger partial charge >= 0.3 is 0 Å². The lowest BCUT2D eigenvalue weighted by atomic mass is 10.00. The van der Waals surface area contributed by atoms with Gasteiger partial charge in [-0.05, 0) is 32.6 Å². The summed E-state index contributed by atoms with van der Waals surface area (Å²) in [5.41, 5.74) is 0. The minimum absolute atomic E-state index is 0.224. The second-order valence-electron chi connectivity index (χ2n) is 4.05. The summed E-state index contributed by atoms with van der Waals surface area (Å²) in [6.45, 7) is 10.3. The molecule has 0 aromatic carbocycles. The van der Waals surface area contributed by atoms with Gasteiger partial charge in [0.05, 0.1) is 11.9 Å². The third-order valence-electron chi connectivity index (χ3n) is 2.31. The number of aliphatic hydroxyl groups is 1. The molecule has 0 heterocycles. The van der Waals surface area contributed by atoms with Gasteiger partial charge in [-0.3, -0.25) is 0 Å². The molecule has 0 aliphatic heterocycles. The monoisotopic (exact) mass is 200 g/mol. The first-order valence-electron chi connectivity index (χ1n) is 5.55. The normalized spacial score (nSPS) is 12.9. The molecule has 1 atom stereocenters. The van der Waals surface area contributed by atoms with Crippen molar-refractivity contribution in [3.63, 3.8) is 0 Å². The Kier molecular flexibility index (Phi) is 7.58. The Hall–Kier alpha value is -0.500. The van der Waals surface area contributed by atoms with E-state index >= 15 is 0 Å². The van der Waals surface area contributed by atoms with Crippen LogP contribution in [0.3, 0.4) is 0 Å². The van der Waals surface area contributed by atoms with Crippen LogP contribution in [0.15, 0.2) is 12.3 Å². The Morgan fingerprint density at radius 1 is 1.43 bits per heavy atom. The van der Waals surface area contributed by atoms with Gasteiger partial charge in [-0.2, -0.15) is 0 Å². The van der Waals surface area contributed by atoms with Crippen LogP contribution in [0.4, 0.5) is 0 Å². The summed E-state index contributed by atoms with van der Waals surface area (Å²) in [6.07, 6.45) is 4.31. The highest BCUT2D eigenvalue weighted by atomic mass is 16.5. The first-order chi connectivity index (χ1) is 6.60. The maximum atomic E-state index is 8.98. The predicted molar refractivity (Wildman–Crippen MR) is 60.1 cm³/mol. The van der Waals surface area contributed by atoms with Crippen molar-refractivity contribution in [1.29, 1.82) is 0 Å². The van der Waals surface area contributed by atoms with Gasteiger partial charge in [-0.1, -0.05) is 19.9 Å². The SMILES string of the molecule is C=C(CCCC(CC)CO)OC(C)C. The fourth-order valence-corrected chi connectivity index (χ4v) is 1.40. The summed E-state index contributed by atoms with van der Waals surface area (Å²) in [5, 5.41) is 8.98. The molecule has 14 heavy (non-hydrogen) atoms. The number of hydrogen-bond donors (Lipinski definition) is 1. The zero-order valence-corrected chi connectivity index (χ0v) is 9.75. The van der Waals surface area contributed by atoms with E-state index in [-0.39, 0.29) is 6.10 Å². The van der Waals surface area contributed by atoms with Crippen molar-refractivity contribution >= 4 is 0 Å². The molecule has 0 aromatic heterocycles. The Morgan fingerprint density at radius 3 is 2.50 bits per heavy atom. The summed E-state index contributed by atoms with van der Waals surface area (Å²) < 4.78 is 5.44.